The average molecular weight is 340 g/mol. The Bertz CT molecular complexity index is 733. The Labute approximate surface area is 145 Å². The highest BCUT2D eigenvalue weighted by atomic mass is 16.5. The van der Waals surface area contributed by atoms with Gasteiger partial charge in [0.05, 0.1) is 12.9 Å². The number of hydrogen-bond donors (Lipinski definition) is 2. The summed E-state index contributed by atoms with van der Waals surface area (Å²) in [4.78, 5) is 12.2. The molecule has 0 aliphatic heterocycles. The normalized spacial score (nSPS) is 11.7. The fourth-order valence-corrected chi connectivity index (χ4v) is 2.44. The smallest absolute Gasteiger partial charge is 0.319 e. The summed E-state index contributed by atoms with van der Waals surface area (Å²) in [5.41, 5.74) is 0.689. The topological polar surface area (TPSA) is 81.3 Å². The van der Waals surface area contributed by atoms with Crippen molar-refractivity contribution in [2.75, 3.05) is 18.5 Å². The largest absolute Gasteiger partial charge is 0.494 e. The number of carbonyl (C=O) groups is 1. The Kier molecular flexibility index (Phi) is 5.36. The maximum Gasteiger partial charge on any atom is 0.319 e. The molecule has 2 N–H and O–H groups in total. The summed E-state index contributed by atoms with van der Waals surface area (Å²) in [6.45, 7) is 2.88. The van der Waals surface area contributed by atoms with Gasteiger partial charge in [-0.25, -0.2) is 4.79 Å². The van der Waals surface area contributed by atoms with Gasteiger partial charge in [-0.1, -0.05) is 0 Å². The van der Waals surface area contributed by atoms with E-state index in [4.69, 9.17) is 9.15 Å². The summed E-state index contributed by atoms with van der Waals surface area (Å²) in [5.74, 6) is 1.50. The number of furan rings is 1. The zero-order valence-electron chi connectivity index (χ0n) is 13.9. The molecule has 0 aliphatic carbocycles. The summed E-state index contributed by atoms with van der Waals surface area (Å²) in [7, 11) is 0. The predicted molar refractivity (Wildman–Crippen MR) is 93.7 cm³/mol. The van der Waals surface area contributed by atoms with Crippen LogP contribution in [0.1, 0.15) is 18.7 Å². The van der Waals surface area contributed by atoms with Crippen molar-refractivity contribution in [3.05, 3.63) is 66.9 Å². The molecule has 1 atom stereocenters. The average Bonchev–Trinajstić information content (AvgIpc) is 3.31. The maximum atomic E-state index is 12.2. The Morgan fingerprint density at radius 2 is 2.12 bits per heavy atom. The van der Waals surface area contributed by atoms with Gasteiger partial charge in [-0.3, -0.25) is 4.68 Å². The summed E-state index contributed by atoms with van der Waals surface area (Å²) in [6, 6.07) is 12.2. The molecule has 2 aromatic heterocycles. The number of nitrogens with one attached hydrogen (secondary N) is 2. The lowest BCUT2D eigenvalue weighted by Crippen LogP contribution is -2.34. The van der Waals surface area contributed by atoms with Crippen LogP contribution in [0.3, 0.4) is 0 Å². The van der Waals surface area contributed by atoms with Crippen LogP contribution >= 0.6 is 0 Å². The molecular formula is C18H20N4O3. The lowest BCUT2D eigenvalue weighted by molar-refractivity contribution is 0.250. The van der Waals surface area contributed by atoms with Crippen molar-refractivity contribution in [3.8, 4) is 5.75 Å². The first-order chi connectivity index (χ1) is 12.3. The third kappa shape index (κ3) is 4.41. The number of benzene rings is 1. The fourth-order valence-electron chi connectivity index (χ4n) is 2.44. The van der Waals surface area contributed by atoms with Crippen molar-refractivity contribution < 1.29 is 13.9 Å². The second kappa shape index (κ2) is 8.05. The van der Waals surface area contributed by atoms with Crippen molar-refractivity contribution in [2.45, 2.75) is 13.0 Å². The van der Waals surface area contributed by atoms with Crippen LogP contribution in [0.5, 0.6) is 5.75 Å². The molecule has 0 saturated carbocycles. The minimum atomic E-state index is -0.298. The lowest BCUT2D eigenvalue weighted by atomic mass is 10.2. The summed E-state index contributed by atoms with van der Waals surface area (Å²) < 4.78 is 12.6. The van der Waals surface area contributed by atoms with Gasteiger partial charge in [0, 0.05) is 24.6 Å². The number of amides is 2. The molecule has 0 spiro atoms. The van der Waals surface area contributed by atoms with Crippen molar-refractivity contribution in [3.63, 3.8) is 0 Å². The third-order valence-corrected chi connectivity index (χ3v) is 3.59. The molecular weight excluding hydrogens is 320 g/mol. The van der Waals surface area contributed by atoms with Crippen LogP contribution in [0.2, 0.25) is 0 Å². The molecule has 2 amide bonds. The van der Waals surface area contributed by atoms with Crippen molar-refractivity contribution in [1.82, 2.24) is 15.1 Å². The molecule has 7 nitrogen and oxygen atoms in total. The Balaban J connectivity index is 1.58. The molecule has 2 heterocycles. The van der Waals surface area contributed by atoms with E-state index in [1.165, 1.54) is 0 Å². The van der Waals surface area contributed by atoms with Crippen LogP contribution in [0.4, 0.5) is 10.5 Å². The van der Waals surface area contributed by atoms with E-state index in [2.05, 4.69) is 15.7 Å². The Hall–Kier alpha value is -3.22. The molecule has 0 saturated heterocycles. The molecule has 130 valence electrons. The number of aromatic nitrogens is 2. The second-order valence-electron chi connectivity index (χ2n) is 5.31. The Morgan fingerprint density at radius 3 is 2.76 bits per heavy atom. The van der Waals surface area contributed by atoms with Gasteiger partial charge < -0.3 is 19.8 Å². The quantitative estimate of drug-likeness (QED) is 0.691. The molecule has 7 heteroatoms. The zero-order chi connectivity index (χ0) is 17.5. The van der Waals surface area contributed by atoms with E-state index < -0.39 is 0 Å². The van der Waals surface area contributed by atoms with E-state index in [1.807, 2.05) is 43.5 Å². The first-order valence-electron chi connectivity index (χ1n) is 8.06. The first-order valence-corrected chi connectivity index (χ1v) is 8.06. The van der Waals surface area contributed by atoms with Crippen LogP contribution in [0.15, 0.2) is 65.5 Å². The van der Waals surface area contributed by atoms with E-state index >= 15 is 0 Å². The third-order valence-electron chi connectivity index (χ3n) is 3.59. The summed E-state index contributed by atoms with van der Waals surface area (Å²) in [5, 5.41) is 9.87. The van der Waals surface area contributed by atoms with E-state index in [0.717, 1.165) is 11.5 Å². The van der Waals surface area contributed by atoms with Crippen molar-refractivity contribution >= 4 is 11.7 Å². The predicted octanol–water partition coefficient (Wildman–Crippen LogP) is 3.29. The van der Waals surface area contributed by atoms with Gasteiger partial charge in [0.25, 0.3) is 0 Å². The minimum absolute atomic E-state index is 0.212. The van der Waals surface area contributed by atoms with Crippen molar-refractivity contribution in [1.29, 1.82) is 0 Å². The number of hydrogen-bond acceptors (Lipinski definition) is 4. The molecule has 0 bridgehead atoms. The van der Waals surface area contributed by atoms with Gasteiger partial charge in [0.1, 0.15) is 17.6 Å². The lowest BCUT2D eigenvalue weighted by Gasteiger charge is -2.16. The zero-order valence-corrected chi connectivity index (χ0v) is 13.9. The maximum absolute atomic E-state index is 12.2. The molecule has 1 unspecified atom stereocenters. The van der Waals surface area contributed by atoms with Gasteiger partial charge in [-0.2, -0.15) is 5.10 Å². The number of ether oxygens (including phenoxy) is 1. The van der Waals surface area contributed by atoms with Crippen LogP contribution in [-0.4, -0.2) is 29.0 Å². The van der Waals surface area contributed by atoms with Gasteiger partial charge in [0.15, 0.2) is 0 Å². The van der Waals surface area contributed by atoms with E-state index in [1.54, 1.807) is 29.3 Å². The highest BCUT2D eigenvalue weighted by Gasteiger charge is 2.18. The second-order valence-corrected chi connectivity index (χ2v) is 5.31. The molecule has 25 heavy (non-hydrogen) atoms. The van der Waals surface area contributed by atoms with Crippen LogP contribution < -0.4 is 15.4 Å². The molecule has 0 fully saturated rings. The molecule has 1 aromatic carbocycles. The van der Waals surface area contributed by atoms with Crippen molar-refractivity contribution in [2.24, 2.45) is 0 Å². The van der Waals surface area contributed by atoms with Gasteiger partial charge in [0.2, 0.25) is 0 Å². The standard InChI is InChI=1S/C18H20N4O3/c1-2-24-15-8-6-14(7-9-15)21-18(23)19-13-16(17-5-3-12-25-17)22-11-4-10-20-22/h3-12,16H,2,13H2,1H3,(H2,19,21,23). The Morgan fingerprint density at radius 1 is 1.28 bits per heavy atom. The molecule has 3 rings (SSSR count). The monoisotopic (exact) mass is 340 g/mol. The minimum Gasteiger partial charge on any atom is -0.494 e. The highest BCUT2D eigenvalue weighted by Crippen LogP contribution is 2.18. The summed E-state index contributed by atoms with van der Waals surface area (Å²) >= 11 is 0. The first kappa shape index (κ1) is 16.6. The van der Waals surface area contributed by atoms with Gasteiger partial charge >= 0.3 is 6.03 Å². The molecule has 3 aromatic rings. The number of rotatable bonds is 7. The fraction of sp³-hybridized carbons (Fsp3) is 0.222. The number of nitrogens with zero attached hydrogens (tertiary/aromatic N) is 2. The highest BCUT2D eigenvalue weighted by molar-refractivity contribution is 5.89. The SMILES string of the molecule is CCOc1ccc(NC(=O)NCC(c2ccco2)n2cccn2)cc1. The van der Waals surface area contributed by atoms with Gasteiger partial charge in [-0.15, -0.1) is 0 Å². The molecule has 0 radical (unpaired) electrons. The summed E-state index contributed by atoms with van der Waals surface area (Å²) in [6.07, 6.45) is 5.13. The number of anilines is 1. The number of urea groups is 1. The van der Waals surface area contributed by atoms with Crippen LogP contribution in [0, 0.1) is 0 Å². The molecule has 0 aliphatic rings. The van der Waals surface area contributed by atoms with E-state index in [0.29, 0.717) is 18.8 Å². The van der Waals surface area contributed by atoms with Crippen LogP contribution in [0.25, 0.3) is 0 Å². The van der Waals surface area contributed by atoms with E-state index in [-0.39, 0.29) is 12.1 Å². The van der Waals surface area contributed by atoms with Crippen LogP contribution in [-0.2, 0) is 0 Å². The number of carbonyl (C=O) groups excluding carboxylic acids is 1. The van der Waals surface area contributed by atoms with E-state index in [9.17, 15) is 4.79 Å². The van der Waals surface area contributed by atoms with Gasteiger partial charge in [-0.05, 0) is 49.4 Å².